The van der Waals surface area contributed by atoms with Crippen LogP contribution < -0.4 is 15.4 Å². The van der Waals surface area contributed by atoms with Gasteiger partial charge in [-0.25, -0.2) is 9.07 Å². The summed E-state index contributed by atoms with van der Waals surface area (Å²) in [5.74, 6) is -0.967. The van der Waals surface area contributed by atoms with Gasteiger partial charge in [0.05, 0.1) is 37.6 Å². The van der Waals surface area contributed by atoms with Gasteiger partial charge in [-0.3, -0.25) is 9.59 Å². The van der Waals surface area contributed by atoms with Crippen LogP contribution in [0.15, 0.2) is 60.8 Å². The lowest BCUT2D eigenvalue weighted by atomic mass is 9.74. The number of aliphatic hydroxyl groups is 1. The van der Waals surface area contributed by atoms with E-state index in [4.69, 9.17) is 4.74 Å². The van der Waals surface area contributed by atoms with Crippen LogP contribution in [0.25, 0.3) is 16.6 Å². The molecule has 46 heavy (non-hydrogen) atoms. The molecule has 4 aromatic rings. The molecule has 0 saturated carbocycles. The lowest BCUT2D eigenvalue weighted by molar-refractivity contribution is -0.260. The highest BCUT2D eigenvalue weighted by molar-refractivity contribution is 5.98. The van der Waals surface area contributed by atoms with Gasteiger partial charge in [0.15, 0.2) is 5.60 Å². The SMILES string of the molecule is COc1ccc(F)cc1C(C)(C)CC(O)(CNc1cc(C)cc2c1cnn2-c1cccc(C(=O)N2CCNC(=O)C2)c1)C(F)(F)F. The third-order valence-corrected chi connectivity index (χ3v) is 8.22. The number of aromatic nitrogens is 2. The molecule has 0 spiro atoms. The fourth-order valence-corrected chi connectivity index (χ4v) is 5.92. The third kappa shape index (κ3) is 6.50. The Morgan fingerprint density at radius 2 is 1.89 bits per heavy atom. The maximum atomic E-state index is 14.5. The van der Waals surface area contributed by atoms with Crippen LogP contribution in [0.3, 0.4) is 0 Å². The van der Waals surface area contributed by atoms with Gasteiger partial charge in [-0.15, -0.1) is 0 Å². The van der Waals surface area contributed by atoms with Crippen LogP contribution in [0.1, 0.15) is 41.8 Å². The molecular formula is C33H35F4N5O4. The van der Waals surface area contributed by atoms with Crippen LogP contribution in [0.2, 0.25) is 0 Å². The maximum absolute atomic E-state index is 14.5. The monoisotopic (exact) mass is 641 g/mol. The third-order valence-electron chi connectivity index (χ3n) is 8.22. The molecule has 0 aliphatic carbocycles. The average Bonchev–Trinajstić information content (AvgIpc) is 3.42. The van der Waals surface area contributed by atoms with E-state index in [-0.39, 0.29) is 29.7 Å². The first kappa shape index (κ1) is 32.7. The molecule has 9 nitrogen and oxygen atoms in total. The lowest BCUT2D eigenvalue weighted by Crippen LogP contribution is -2.53. The molecule has 2 heterocycles. The Morgan fingerprint density at radius 1 is 1.13 bits per heavy atom. The minimum atomic E-state index is -5.03. The van der Waals surface area contributed by atoms with Crippen molar-refractivity contribution in [2.75, 3.05) is 38.6 Å². The summed E-state index contributed by atoms with van der Waals surface area (Å²) >= 11 is 0. The number of nitrogens with zero attached hydrogens (tertiary/aromatic N) is 3. The van der Waals surface area contributed by atoms with Crippen molar-refractivity contribution in [3.05, 3.63) is 83.3 Å². The first-order valence-corrected chi connectivity index (χ1v) is 14.6. The van der Waals surface area contributed by atoms with Crippen molar-refractivity contribution in [1.29, 1.82) is 0 Å². The Hall–Kier alpha value is -4.65. The number of halogens is 4. The number of hydrogen-bond acceptors (Lipinski definition) is 6. The van der Waals surface area contributed by atoms with Crippen LogP contribution in [0.4, 0.5) is 23.2 Å². The Labute approximate surface area is 263 Å². The van der Waals surface area contributed by atoms with Crippen LogP contribution in [0, 0.1) is 12.7 Å². The fraction of sp³-hybridized carbons (Fsp3) is 0.364. The average molecular weight is 642 g/mol. The molecule has 2 amide bonds. The number of fused-ring (bicyclic) bond motifs is 1. The molecule has 1 saturated heterocycles. The molecular weight excluding hydrogens is 606 g/mol. The number of carbonyl (C=O) groups is 2. The molecule has 0 bridgehead atoms. The Balaban J connectivity index is 1.44. The topological polar surface area (TPSA) is 109 Å². The van der Waals surface area contributed by atoms with E-state index in [0.717, 1.165) is 12.1 Å². The van der Waals surface area contributed by atoms with Gasteiger partial charge >= 0.3 is 6.18 Å². The highest BCUT2D eigenvalue weighted by Crippen LogP contribution is 2.44. The summed E-state index contributed by atoms with van der Waals surface area (Å²) in [5.41, 5.74) is -1.87. The number of aryl methyl sites for hydroxylation is 1. The molecule has 1 aliphatic heterocycles. The van der Waals surface area contributed by atoms with E-state index in [1.54, 1.807) is 41.9 Å². The van der Waals surface area contributed by atoms with Crippen molar-refractivity contribution in [1.82, 2.24) is 20.0 Å². The van der Waals surface area contributed by atoms with Crippen LogP contribution >= 0.6 is 0 Å². The molecule has 1 aliphatic rings. The maximum Gasteiger partial charge on any atom is 0.418 e. The van der Waals surface area contributed by atoms with Crippen LogP contribution in [-0.2, 0) is 10.2 Å². The van der Waals surface area contributed by atoms with E-state index in [1.165, 1.54) is 38.1 Å². The number of benzene rings is 3. The van der Waals surface area contributed by atoms with Gasteiger partial charge in [0.2, 0.25) is 5.91 Å². The largest absolute Gasteiger partial charge is 0.496 e. The molecule has 1 atom stereocenters. The van der Waals surface area contributed by atoms with Crippen molar-refractivity contribution in [2.45, 2.75) is 44.4 Å². The minimum Gasteiger partial charge on any atom is -0.496 e. The van der Waals surface area contributed by atoms with E-state index < -0.39 is 36.0 Å². The van der Waals surface area contributed by atoms with Gasteiger partial charge in [0.25, 0.3) is 5.91 Å². The van der Waals surface area contributed by atoms with Gasteiger partial charge in [0.1, 0.15) is 11.6 Å². The number of piperazine rings is 1. The Kier molecular flexibility index (Phi) is 8.73. The molecule has 3 aromatic carbocycles. The van der Waals surface area contributed by atoms with E-state index in [1.807, 2.05) is 6.07 Å². The van der Waals surface area contributed by atoms with E-state index in [2.05, 4.69) is 15.7 Å². The first-order valence-electron chi connectivity index (χ1n) is 14.6. The molecule has 3 N–H and O–H groups in total. The summed E-state index contributed by atoms with van der Waals surface area (Å²) in [7, 11) is 1.34. The number of methoxy groups -OCH3 is 1. The molecule has 5 rings (SSSR count). The number of ether oxygens (including phenoxy) is 1. The lowest BCUT2D eigenvalue weighted by Gasteiger charge is -2.38. The van der Waals surface area contributed by atoms with E-state index in [9.17, 15) is 32.3 Å². The number of nitrogens with one attached hydrogen (secondary N) is 2. The van der Waals surface area contributed by atoms with Crippen molar-refractivity contribution in [2.24, 2.45) is 0 Å². The number of amides is 2. The Morgan fingerprint density at radius 3 is 2.59 bits per heavy atom. The van der Waals surface area contributed by atoms with E-state index >= 15 is 0 Å². The summed E-state index contributed by atoms with van der Waals surface area (Å²) in [5, 5.41) is 21.6. The van der Waals surface area contributed by atoms with Crippen molar-refractivity contribution < 1.29 is 37.0 Å². The van der Waals surface area contributed by atoms with Gasteiger partial charge < -0.3 is 25.4 Å². The molecule has 1 fully saturated rings. The molecule has 0 radical (unpaired) electrons. The zero-order valence-corrected chi connectivity index (χ0v) is 25.8. The zero-order chi connectivity index (χ0) is 33.4. The van der Waals surface area contributed by atoms with Crippen molar-refractivity contribution >= 4 is 28.4 Å². The second kappa shape index (κ2) is 12.3. The molecule has 1 aromatic heterocycles. The molecule has 244 valence electrons. The summed E-state index contributed by atoms with van der Waals surface area (Å²) in [6.45, 7) is 4.57. The number of rotatable bonds is 9. The summed E-state index contributed by atoms with van der Waals surface area (Å²) in [6, 6.07) is 13.8. The van der Waals surface area contributed by atoms with Gasteiger partial charge in [0, 0.05) is 35.3 Å². The van der Waals surface area contributed by atoms with Gasteiger partial charge in [-0.05, 0) is 72.9 Å². The van der Waals surface area contributed by atoms with Crippen molar-refractivity contribution in [3.8, 4) is 11.4 Å². The number of anilines is 1. The summed E-state index contributed by atoms with van der Waals surface area (Å²) in [6.07, 6.45) is -4.33. The first-order chi connectivity index (χ1) is 21.6. The predicted octanol–water partition coefficient (Wildman–Crippen LogP) is 5.13. The fourth-order valence-electron chi connectivity index (χ4n) is 5.92. The normalized spacial score (nSPS) is 15.4. The number of hydrogen-bond donors (Lipinski definition) is 3. The summed E-state index contributed by atoms with van der Waals surface area (Å²) < 4.78 is 64.6. The number of alkyl halides is 3. The molecule has 13 heteroatoms. The standard InChI is InChI=1S/C33H35F4N5O4/c1-20-12-26(39-19-32(45,33(35,36)37)18-31(2,3)25-15-22(34)8-9-28(25)46-4)24-16-40-42(27(24)13-20)23-7-5-6-21(14-23)30(44)41-11-10-38-29(43)17-41/h5-9,12-16,39,45H,10-11,17-19H2,1-4H3,(H,38,43). The van der Waals surface area contributed by atoms with Crippen molar-refractivity contribution in [3.63, 3.8) is 0 Å². The van der Waals surface area contributed by atoms with Crippen LogP contribution in [0.5, 0.6) is 5.75 Å². The second-order valence-electron chi connectivity index (χ2n) is 12.2. The minimum absolute atomic E-state index is 0.0424. The van der Waals surface area contributed by atoms with Crippen LogP contribution in [-0.4, -0.2) is 76.7 Å². The van der Waals surface area contributed by atoms with Gasteiger partial charge in [-0.2, -0.15) is 18.3 Å². The predicted molar refractivity (Wildman–Crippen MR) is 165 cm³/mol. The number of carbonyl (C=O) groups excluding carboxylic acids is 2. The van der Waals surface area contributed by atoms with E-state index in [0.29, 0.717) is 46.5 Å². The smallest absolute Gasteiger partial charge is 0.418 e. The van der Waals surface area contributed by atoms with Gasteiger partial charge in [-0.1, -0.05) is 19.9 Å². The zero-order valence-electron chi connectivity index (χ0n) is 25.8. The highest BCUT2D eigenvalue weighted by Gasteiger charge is 2.56. The second-order valence-corrected chi connectivity index (χ2v) is 12.2. The molecule has 1 unspecified atom stereocenters. The Bertz CT molecular complexity index is 1790. The quantitative estimate of drug-likeness (QED) is 0.219. The summed E-state index contributed by atoms with van der Waals surface area (Å²) in [4.78, 5) is 26.4. The highest BCUT2D eigenvalue weighted by atomic mass is 19.4.